The van der Waals surface area contributed by atoms with Crippen molar-refractivity contribution in [2.75, 3.05) is 20.1 Å². The first-order valence-corrected chi connectivity index (χ1v) is 8.92. The lowest BCUT2D eigenvalue weighted by Gasteiger charge is -2.16. The third kappa shape index (κ3) is 9.49. The van der Waals surface area contributed by atoms with Gasteiger partial charge in [0.25, 0.3) is 0 Å². The Morgan fingerprint density at radius 1 is 0.842 bits per heavy atom. The highest BCUT2D eigenvalue weighted by Gasteiger charge is 2.31. The summed E-state index contributed by atoms with van der Waals surface area (Å²) in [6.07, 6.45) is 15.9. The lowest BCUT2D eigenvalue weighted by Crippen LogP contribution is -2.21. The summed E-state index contributed by atoms with van der Waals surface area (Å²) in [4.78, 5) is 2.55. The summed E-state index contributed by atoms with van der Waals surface area (Å²) >= 11 is 0. The molecule has 0 aliphatic heterocycles. The van der Waals surface area contributed by atoms with E-state index in [9.17, 15) is 0 Å². The monoisotopic (exact) mass is 267 g/mol. The van der Waals surface area contributed by atoms with Crippen molar-refractivity contribution in [1.29, 1.82) is 0 Å². The number of hydrogen-bond acceptors (Lipinski definition) is 1. The van der Waals surface area contributed by atoms with Gasteiger partial charge in [-0.1, -0.05) is 58.8 Å². The molecule has 1 nitrogen and oxygen atoms in total. The van der Waals surface area contributed by atoms with Gasteiger partial charge in [-0.05, 0) is 57.7 Å². The van der Waals surface area contributed by atoms with Gasteiger partial charge in [-0.25, -0.2) is 0 Å². The van der Waals surface area contributed by atoms with Gasteiger partial charge in [-0.3, -0.25) is 0 Å². The maximum Gasteiger partial charge on any atom is -0.00217 e. The molecule has 1 heteroatoms. The van der Waals surface area contributed by atoms with Gasteiger partial charge in [0.1, 0.15) is 0 Å². The summed E-state index contributed by atoms with van der Waals surface area (Å²) in [5.41, 5.74) is 0. The van der Waals surface area contributed by atoms with Gasteiger partial charge in [0.2, 0.25) is 0 Å². The summed E-state index contributed by atoms with van der Waals surface area (Å²) < 4.78 is 0. The SMILES string of the molecule is CCCCCCCCCCN(C)CCCC1CC1C. The fourth-order valence-corrected chi connectivity index (χ4v) is 3.05. The Kier molecular flexibility index (Phi) is 9.59. The normalized spacial score (nSPS) is 22.1. The highest BCUT2D eigenvalue weighted by Crippen LogP contribution is 2.41. The first kappa shape index (κ1) is 17.0. The average Bonchev–Trinajstić information content (AvgIpc) is 3.08. The van der Waals surface area contributed by atoms with Gasteiger partial charge in [-0.15, -0.1) is 0 Å². The van der Waals surface area contributed by atoms with Crippen LogP contribution in [-0.2, 0) is 0 Å². The Hall–Kier alpha value is -0.0400. The lowest BCUT2D eigenvalue weighted by molar-refractivity contribution is 0.312. The number of nitrogens with zero attached hydrogens (tertiary/aromatic N) is 1. The zero-order valence-corrected chi connectivity index (χ0v) is 13.8. The molecular weight excluding hydrogens is 230 g/mol. The highest BCUT2D eigenvalue weighted by atomic mass is 15.1. The van der Waals surface area contributed by atoms with E-state index in [1.54, 1.807) is 0 Å². The van der Waals surface area contributed by atoms with Gasteiger partial charge >= 0.3 is 0 Å². The minimum atomic E-state index is 1.04. The van der Waals surface area contributed by atoms with Gasteiger partial charge in [0.15, 0.2) is 0 Å². The van der Waals surface area contributed by atoms with Crippen molar-refractivity contribution in [3.8, 4) is 0 Å². The summed E-state index contributed by atoms with van der Waals surface area (Å²) in [7, 11) is 2.30. The first-order chi connectivity index (χ1) is 9.24. The lowest BCUT2D eigenvalue weighted by atomic mass is 10.1. The first-order valence-electron chi connectivity index (χ1n) is 8.92. The molecule has 0 bridgehead atoms. The zero-order chi connectivity index (χ0) is 13.9. The van der Waals surface area contributed by atoms with Crippen LogP contribution in [-0.4, -0.2) is 25.0 Å². The molecule has 1 aliphatic carbocycles. The second-order valence-corrected chi connectivity index (χ2v) is 6.89. The summed E-state index contributed by atoms with van der Waals surface area (Å²) in [6.45, 7) is 7.32. The second kappa shape index (κ2) is 10.7. The van der Waals surface area contributed by atoms with E-state index in [-0.39, 0.29) is 0 Å². The summed E-state index contributed by atoms with van der Waals surface area (Å²) in [5.74, 6) is 2.12. The van der Waals surface area contributed by atoms with E-state index >= 15 is 0 Å². The maximum atomic E-state index is 2.55. The predicted molar refractivity (Wildman–Crippen MR) is 86.6 cm³/mol. The third-order valence-electron chi connectivity index (χ3n) is 4.78. The van der Waals surface area contributed by atoms with Crippen LogP contribution < -0.4 is 0 Å². The largest absolute Gasteiger partial charge is 0.306 e. The predicted octanol–water partition coefficient (Wildman–Crippen LogP) is 5.50. The Bertz CT molecular complexity index is 202. The molecular formula is C18H37N. The molecule has 114 valence electrons. The summed E-state index contributed by atoms with van der Waals surface area (Å²) in [6, 6.07) is 0. The Morgan fingerprint density at radius 3 is 1.95 bits per heavy atom. The van der Waals surface area contributed by atoms with Crippen LogP contribution in [0.15, 0.2) is 0 Å². The van der Waals surface area contributed by atoms with Crippen molar-refractivity contribution in [2.45, 2.75) is 84.5 Å². The Balaban J connectivity index is 1.75. The fourth-order valence-electron chi connectivity index (χ4n) is 3.05. The molecule has 1 rings (SSSR count). The van der Waals surface area contributed by atoms with Crippen molar-refractivity contribution in [3.05, 3.63) is 0 Å². The van der Waals surface area contributed by atoms with Gasteiger partial charge in [0.05, 0.1) is 0 Å². The van der Waals surface area contributed by atoms with Gasteiger partial charge < -0.3 is 4.90 Å². The smallest absolute Gasteiger partial charge is 0.00217 e. The molecule has 0 radical (unpaired) electrons. The van der Waals surface area contributed by atoms with E-state index in [0.717, 1.165) is 11.8 Å². The third-order valence-corrected chi connectivity index (χ3v) is 4.78. The topological polar surface area (TPSA) is 3.24 Å². The minimum absolute atomic E-state index is 1.04. The van der Waals surface area contributed by atoms with Crippen LogP contribution in [0.5, 0.6) is 0 Å². The zero-order valence-electron chi connectivity index (χ0n) is 13.8. The van der Waals surface area contributed by atoms with Crippen molar-refractivity contribution < 1.29 is 0 Å². The Labute approximate surface area is 122 Å². The standard InChI is InChI=1S/C18H37N/c1-4-5-6-7-8-9-10-11-14-19(3)15-12-13-18-16-17(18)2/h17-18H,4-16H2,1-3H3. The van der Waals surface area contributed by atoms with Crippen molar-refractivity contribution in [3.63, 3.8) is 0 Å². The molecule has 0 N–H and O–H groups in total. The van der Waals surface area contributed by atoms with E-state index in [2.05, 4.69) is 25.8 Å². The van der Waals surface area contributed by atoms with Crippen LogP contribution in [0.1, 0.15) is 84.5 Å². The van der Waals surface area contributed by atoms with E-state index < -0.39 is 0 Å². The molecule has 1 fully saturated rings. The quantitative estimate of drug-likeness (QED) is 0.399. The molecule has 0 heterocycles. The van der Waals surface area contributed by atoms with Crippen LogP contribution >= 0.6 is 0 Å². The van der Waals surface area contributed by atoms with Crippen LogP contribution in [0.4, 0.5) is 0 Å². The minimum Gasteiger partial charge on any atom is -0.306 e. The number of hydrogen-bond donors (Lipinski definition) is 0. The van der Waals surface area contributed by atoms with E-state index in [1.807, 2.05) is 0 Å². The molecule has 0 amide bonds. The van der Waals surface area contributed by atoms with E-state index in [1.165, 1.54) is 83.7 Å². The van der Waals surface area contributed by atoms with Crippen molar-refractivity contribution in [2.24, 2.45) is 11.8 Å². The highest BCUT2D eigenvalue weighted by molar-refractivity contribution is 4.82. The van der Waals surface area contributed by atoms with Crippen molar-refractivity contribution in [1.82, 2.24) is 4.90 Å². The van der Waals surface area contributed by atoms with E-state index in [4.69, 9.17) is 0 Å². The van der Waals surface area contributed by atoms with Gasteiger partial charge in [0, 0.05) is 0 Å². The van der Waals surface area contributed by atoms with Crippen LogP contribution in [0.3, 0.4) is 0 Å². The summed E-state index contributed by atoms with van der Waals surface area (Å²) in [5, 5.41) is 0. The van der Waals surface area contributed by atoms with Crippen molar-refractivity contribution >= 4 is 0 Å². The average molecular weight is 268 g/mol. The molecule has 0 aromatic rings. The molecule has 1 aliphatic rings. The molecule has 0 spiro atoms. The molecule has 2 atom stereocenters. The maximum absolute atomic E-state index is 2.55. The van der Waals surface area contributed by atoms with Gasteiger partial charge in [-0.2, -0.15) is 0 Å². The molecule has 0 aromatic carbocycles. The molecule has 0 saturated heterocycles. The number of rotatable bonds is 13. The Morgan fingerprint density at radius 2 is 1.37 bits per heavy atom. The molecule has 19 heavy (non-hydrogen) atoms. The second-order valence-electron chi connectivity index (χ2n) is 6.89. The fraction of sp³-hybridized carbons (Fsp3) is 1.00. The molecule has 0 aromatic heterocycles. The molecule has 2 unspecified atom stereocenters. The van der Waals surface area contributed by atoms with Crippen LogP contribution in [0, 0.1) is 11.8 Å². The van der Waals surface area contributed by atoms with Crippen LogP contribution in [0.2, 0.25) is 0 Å². The molecule has 1 saturated carbocycles. The number of unbranched alkanes of at least 4 members (excludes halogenated alkanes) is 7. The van der Waals surface area contributed by atoms with Crippen LogP contribution in [0.25, 0.3) is 0 Å². The van der Waals surface area contributed by atoms with E-state index in [0.29, 0.717) is 0 Å².